The highest BCUT2D eigenvalue weighted by molar-refractivity contribution is 6.31. The molecule has 1 aliphatic rings. The molecule has 0 amide bonds. The van der Waals surface area contributed by atoms with Crippen LogP contribution < -0.4 is 22.3 Å². The number of rotatable bonds is 4. The third-order valence-electron chi connectivity index (χ3n) is 3.97. The zero-order valence-corrected chi connectivity index (χ0v) is 13.7. The number of aromatic nitrogens is 2. The van der Waals surface area contributed by atoms with E-state index in [0.717, 1.165) is 0 Å². The number of hydrogen-bond donors (Lipinski definition) is 3. The molecule has 0 spiro atoms. The largest absolute Gasteiger partial charge is 0.480 e. The van der Waals surface area contributed by atoms with Crippen LogP contribution in [0.25, 0.3) is 11.3 Å². The molecule has 0 saturated carbocycles. The number of hydrazine groups is 1. The van der Waals surface area contributed by atoms with Crippen LogP contribution >= 0.6 is 11.6 Å². The van der Waals surface area contributed by atoms with Gasteiger partial charge in [-0.05, 0) is 24.6 Å². The van der Waals surface area contributed by atoms with Crippen LogP contribution in [-0.2, 0) is 11.2 Å². The van der Waals surface area contributed by atoms with Crippen LogP contribution in [0.1, 0.15) is 18.3 Å². The molecule has 5 N–H and O–H groups in total. The van der Waals surface area contributed by atoms with E-state index in [-0.39, 0.29) is 0 Å². The van der Waals surface area contributed by atoms with Gasteiger partial charge in [-0.1, -0.05) is 11.6 Å². The maximum atomic E-state index is 12.4. The first-order chi connectivity index (χ1) is 11.9. The smallest absolute Gasteiger partial charge is 0.326 e. The van der Waals surface area contributed by atoms with Crippen LogP contribution in [0.3, 0.4) is 0 Å². The van der Waals surface area contributed by atoms with Crippen molar-refractivity contribution in [1.82, 2.24) is 9.55 Å². The molecule has 9 nitrogen and oxygen atoms in total. The molecular formula is C15H15ClN6O3. The van der Waals surface area contributed by atoms with Crippen LogP contribution in [-0.4, -0.2) is 27.0 Å². The Morgan fingerprint density at radius 3 is 2.92 bits per heavy atom. The molecule has 25 heavy (non-hydrogen) atoms. The number of hydrazone groups is 1. The van der Waals surface area contributed by atoms with Gasteiger partial charge >= 0.3 is 5.97 Å². The zero-order chi connectivity index (χ0) is 18.1. The van der Waals surface area contributed by atoms with Gasteiger partial charge in [-0.3, -0.25) is 14.4 Å². The number of hydrogen-bond acceptors (Lipinski definition) is 6. The summed E-state index contributed by atoms with van der Waals surface area (Å²) >= 11 is 6.06. The Bertz CT molecular complexity index is 926. The van der Waals surface area contributed by atoms with Crippen molar-refractivity contribution in [3.63, 3.8) is 0 Å². The van der Waals surface area contributed by atoms with E-state index in [2.05, 4.69) is 10.1 Å². The lowest BCUT2D eigenvalue weighted by Gasteiger charge is -2.17. The van der Waals surface area contributed by atoms with Gasteiger partial charge < -0.3 is 10.9 Å². The Kier molecular flexibility index (Phi) is 4.43. The van der Waals surface area contributed by atoms with Gasteiger partial charge in [-0.25, -0.2) is 15.6 Å². The average Bonchev–Trinajstić information content (AvgIpc) is 2.99. The van der Waals surface area contributed by atoms with Gasteiger partial charge in [0.2, 0.25) is 0 Å². The summed E-state index contributed by atoms with van der Waals surface area (Å²) in [5.74, 6) is 10.4. The summed E-state index contributed by atoms with van der Waals surface area (Å²) in [4.78, 5) is 28.2. The first-order valence-electron chi connectivity index (χ1n) is 7.35. The van der Waals surface area contributed by atoms with E-state index in [9.17, 15) is 14.7 Å². The summed E-state index contributed by atoms with van der Waals surface area (Å²) in [5.41, 5.74) is 0.907. The van der Waals surface area contributed by atoms with Gasteiger partial charge in [0.15, 0.2) is 0 Å². The quantitative estimate of drug-likeness (QED) is 0.315. The lowest BCUT2D eigenvalue weighted by molar-refractivity contribution is -0.140. The molecule has 2 heterocycles. The highest BCUT2D eigenvalue weighted by Crippen LogP contribution is 2.32. The van der Waals surface area contributed by atoms with Gasteiger partial charge in [0, 0.05) is 23.1 Å². The molecule has 2 aromatic rings. The second-order valence-electron chi connectivity index (χ2n) is 5.49. The molecular weight excluding hydrogens is 348 g/mol. The Morgan fingerprint density at radius 1 is 1.48 bits per heavy atom. The van der Waals surface area contributed by atoms with E-state index in [0.29, 0.717) is 40.6 Å². The van der Waals surface area contributed by atoms with E-state index in [4.69, 9.17) is 23.3 Å². The molecule has 1 unspecified atom stereocenters. The van der Waals surface area contributed by atoms with Gasteiger partial charge in [0.25, 0.3) is 5.56 Å². The van der Waals surface area contributed by atoms with Crippen molar-refractivity contribution in [3.05, 3.63) is 45.5 Å². The normalized spacial score (nSPS) is 16.2. The maximum absolute atomic E-state index is 12.4. The van der Waals surface area contributed by atoms with Crippen LogP contribution in [0, 0.1) is 0 Å². The molecule has 1 aliphatic heterocycles. The first-order valence-corrected chi connectivity index (χ1v) is 7.72. The number of halogens is 1. The number of aryl methyl sites for hydroxylation is 1. The van der Waals surface area contributed by atoms with Crippen LogP contribution in [0.5, 0.6) is 0 Å². The summed E-state index contributed by atoms with van der Waals surface area (Å²) in [7, 11) is 0. The number of carbonyl (C=O) groups is 1. The fourth-order valence-corrected chi connectivity index (χ4v) is 3.06. The fraction of sp³-hybridized carbons (Fsp3) is 0.200. The molecule has 0 radical (unpaired) electrons. The zero-order valence-electron chi connectivity index (χ0n) is 13.0. The maximum Gasteiger partial charge on any atom is 0.326 e. The van der Waals surface area contributed by atoms with Gasteiger partial charge in [0.05, 0.1) is 11.4 Å². The molecule has 3 rings (SSSR count). The van der Waals surface area contributed by atoms with Crippen LogP contribution in [0.4, 0.5) is 5.69 Å². The number of carboxylic acid groups (broad SMARTS) is 1. The number of carboxylic acids is 1. The highest BCUT2D eigenvalue weighted by Gasteiger charge is 2.30. The van der Waals surface area contributed by atoms with Crippen molar-refractivity contribution in [2.24, 2.45) is 16.8 Å². The second-order valence-corrected chi connectivity index (χ2v) is 5.93. The fourth-order valence-electron chi connectivity index (χ4n) is 2.89. The van der Waals surface area contributed by atoms with E-state index < -0.39 is 17.6 Å². The Balaban J connectivity index is 2.16. The lowest BCUT2D eigenvalue weighted by Crippen LogP contribution is -2.30. The van der Waals surface area contributed by atoms with E-state index in [1.54, 1.807) is 18.2 Å². The molecule has 0 bridgehead atoms. The van der Waals surface area contributed by atoms with Crippen LogP contribution in [0.15, 0.2) is 34.2 Å². The van der Waals surface area contributed by atoms with Crippen molar-refractivity contribution in [3.8, 4) is 11.3 Å². The molecule has 0 fully saturated rings. The third kappa shape index (κ3) is 3.06. The number of aliphatic carboxylic acids is 1. The predicted octanol–water partition coefficient (Wildman–Crippen LogP) is 0.718. The predicted molar refractivity (Wildman–Crippen MR) is 93.3 cm³/mol. The summed E-state index contributed by atoms with van der Waals surface area (Å²) in [6, 6.07) is 5.27. The molecule has 1 atom stereocenters. The number of fused-ring (bicyclic) bond motifs is 1. The van der Waals surface area contributed by atoms with Crippen molar-refractivity contribution < 1.29 is 9.90 Å². The Morgan fingerprint density at radius 2 is 2.24 bits per heavy atom. The third-order valence-corrected chi connectivity index (χ3v) is 4.20. The molecule has 1 aromatic heterocycles. The number of benzene rings is 1. The molecule has 1 aromatic carbocycles. The minimum atomic E-state index is -1.05. The standard InChI is InChI=1S/C15H15ClN6O3/c16-8-1-2-11(21(18)7-19-17)9(5-8)10-6-14(23)22-12(15(24)25)3-4-13(22)20-10/h1-2,5-7,12H,3-4,17-18H2,(H,24,25)/b19-7-. The minimum Gasteiger partial charge on any atom is -0.480 e. The summed E-state index contributed by atoms with van der Waals surface area (Å²) in [5, 5.41) is 14.2. The van der Waals surface area contributed by atoms with Crippen molar-refractivity contribution in [2.45, 2.75) is 18.9 Å². The topological polar surface area (TPSA) is 140 Å². The van der Waals surface area contributed by atoms with Gasteiger partial charge in [-0.15, -0.1) is 0 Å². The number of nitrogens with two attached hydrogens (primary N) is 2. The van der Waals surface area contributed by atoms with Gasteiger partial charge in [0.1, 0.15) is 18.2 Å². The first kappa shape index (κ1) is 16.9. The Hall–Kier alpha value is -2.91. The average molecular weight is 363 g/mol. The van der Waals surface area contributed by atoms with E-state index >= 15 is 0 Å². The second kappa shape index (κ2) is 6.54. The summed E-state index contributed by atoms with van der Waals surface area (Å²) in [6.45, 7) is 0. The molecule has 130 valence electrons. The van der Waals surface area contributed by atoms with Crippen molar-refractivity contribution in [2.75, 3.05) is 5.01 Å². The molecule has 10 heteroatoms. The van der Waals surface area contributed by atoms with E-state index in [1.165, 1.54) is 22.0 Å². The highest BCUT2D eigenvalue weighted by atomic mass is 35.5. The van der Waals surface area contributed by atoms with Crippen molar-refractivity contribution in [1.29, 1.82) is 0 Å². The SMILES string of the molecule is N/N=C\N(N)c1ccc(Cl)cc1-c1cc(=O)n2c(n1)CCC2C(=O)O. The lowest BCUT2D eigenvalue weighted by atomic mass is 10.1. The van der Waals surface area contributed by atoms with Gasteiger partial charge in [-0.2, -0.15) is 5.10 Å². The molecule has 0 aliphatic carbocycles. The summed E-state index contributed by atoms with van der Waals surface area (Å²) < 4.78 is 1.21. The summed E-state index contributed by atoms with van der Waals surface area (Å²) in [6.07, 6.45) is 1.92. The number of anilines is 1. The van der Waals surface area contributed by atoms with E-state index in [1.807, 2.05) is 0 Å². The number of nitrogens with zero attached hydrogens (tertiary/aromatic N) is 4. The monoisotopic (exact) mass is 362 g/mol. The minimum absolute atomic E-state index is 0.326. The van der Waals surface area contributed by atoms with Crippen molar-refractivity contribution >= 4 is 29.6 Å². The molecule has 0 saturated heterocycles. The van der Waals surface area contributed by atoms with Crippen LogP contribution in [0.2, 0.25) is 5.02 Å². The Labute approximate surface area is 147 Å².